The molecule has 4 rings (SSSR count). The zero-order valence-corrected chi connectivity index (χ0v) is 15.7. The van der Waals surface area contributed by atoms with Crippen LogP contribution < -0.4 is 5.73 Å². The van der Waals surface area contributed by atoms with Crippen LogP contribution in [0.25, 0.3) is 0 Å². The molecule has 2 bridgehead atoms. The minimum Gasteiger partial charge on any atom is -0.381 e. The van der Waals surface area contributed by atoms with Gasteiger partial charge in [-0.3, -0.25) is 4.79 Å². The maximum Gasteiger partial charge on any atom is 0.248 e. The predicted octanol–water partition coefficient (Wildman–Crippen LogP) is 2.40. The Bertz CT molecular complexity index is 642. The number of benzene rings is 1. The van der Waals surface area contributed by atoms with Crippen molar-refractivity contribution >= 4 is 5.91 Å². The Morgan fingerprint density at radius 2 is 2.08 bits per heavy atom. The van der Waals surface area contributed by atoms with Crippen LogP contribution in [-0.2, 0) is 15.1 Å². The van der Waals surface area contributed by atoms with Crippen LogP contribution in [-0.4, -0.2) is 50.8 Å². The van der Waals surface area contributed by atoms with Crippen molar-refractivity contribution in [2.45, 2.75) is 31.3 Å². The molecule has 1 aliphatic carbocycles. The second kappa shape index (κ2) is 7.29. The molecule has 1 aromatic rings. The van der Waals surface area contributed by atoms with Crippen molar-refractivity contribution in [1.29, 1.82) is 0 Å². The van der Waals surface area contributed by atoms with Gasteiger partial charge in [-0.1, -0.05) is 18.6 Å². The quantitative estimate of drug-likeness (QED) is 0.878. The Hall–Kier alpha value is -1.43. The minimum absolute atomic E-state index is 0.299. The van der Waals surface area contributed by atoms with Gasteiger partial charge in [0.25, 0.3) is 0 Å². The first-order valence-electron chi connectivity index (χ1n) is 9.89. The summed E-state index contributed by atoms with van der Waals surface area (Å²) in [4.78, 5) is 14.3. The van der Waals surface area contributed by atoms with E-state index in [1.807, 2.05) is 19.2 Å². The summed E-state index contributed by atoms with van der Waals surface area (Å²) in [6.07, 6.45) is 4.78. The maximum absolute atomic E-state index is 11.7. The predicted molar refractivity (Wildman–Crippen MR) is 99.8 cm³/mol. The summed E-state index contributed by atoms with van der Waals surface area (Å²) in [5, 5.41) is 0. The average Bonchev–Trinajstić information content (AvgIpc) is 3.14. The van der Waals surface area contributed by atoms with E-state index in [-0.39, 0.29) is 11.5 Å². The van der Waals surface area contributed by atoms with E-state index in [9.17, 15) is 4.79 Å². The fourth-order valence-corrected chi connectivity index (χ4v) is 5.60. The van der Waals surface area contributed by atoms with E-state index in [1.54, 1.807) is 6.07 Å². The number of likely N-dealkylation sites (tertiary alicyclic amines) is 1. The number of ether oxygens (including phenoxy) is 2. The fraction of sp³-hybridized carbons (Fsp3) is 0.667. The van der Waals surface area contributed by atoms with E-state index >= 15 is 0 Å². The standard InChI is InChI=1S/C21H30N2O3/c1-25-21(17-5-2-4-16(10-17)20(22)24)18-6-3-7-19(21)13-23(12-18)11-15-8-9-26-14-15/h2,4-5,10,15,18-19H,3,6-9,11-14H2,1H3,(H2,22,24)/t15-,18-,19+,21-/m0/s1. The topological polar surface area (TPSA) is 64.8 Å². The largest absolute Gasteiger partial charge is 0.381 e. The summed E-state index contributed by atoms with van der Waals surface area (Å²) in [6.45, 7) is 5.06. The molecule has 3 fully saturated rings. The van der Waals surface area contributed by atoms with Gasteiger partial charge in [-0.25, -0.2) is 0 Å². The van der Waals surface area contributed by atoms with Crippen molar-refractivity contribution in [2.24, 2.45) is 23.5 Å². The molecule has 0 unspecified atom stereocenters. The van der Waals surface area contributed by atoms with E-state index in [0.717, 1.165) is 38.4 Å². The van der Waals surface area contributed by atoms with E-state index in [1.165, 1.54) is 25.7 Å². The molecule has 2 aliphatic heterocycles. The Balaban J connectivity index is 1.61. The number of fused-ring (bicyclic) bond motifs is 2. The summed E-state index contributed by atoms with van der Waals surface area (Å²) in [5.41, 5.74) is 6.92. The van der Waals surface area contributed by atoms with E-state index in [2.05, 4.69) is 11.0 Å². The molecule has 1 amide bonds. The Morgan fingerprint density at radius 1 is 1.31 bits per heavy atom. The molecule has 5 nitrogen and oxygen atoms in total. The second-order valence-corrected chi connectivity index (χ2v) is 8.22. The number of nitrogens with two attached hydrogens (primary N) is 1. The lowest BCUT2D eigenvalue weighted by Gasteiger charge is -2.55. The summed E-state index contributed by atoms with van der Waals surface area (Å²) in [5.74, 6) is 1.20. The maximum atomic E-state index is 11.7. The summed E-state index contributed by atoms with van der Waals surface area (Å²) in [6, 6.07) is 7.80. The third-order valence-corrected chi connectivity index (χ3v) is 6.75. The fourth-order valence-electron chi connectivity index (χ4n) is 5.60. The van der Waals surface area contributed by atoms with Crippen molar-refractivity contribution < 1.29 is 14.3 Å². The average molecular weight is 358 g/mol. The number of amides is 1. The summed E-state index contributed by atoms with van der Waals surface area (Å²) >= 11 is 0. The molecule has 4 atom stereocenters. The van der Waals surface area contributed by atoms with Crippen molar-refractivity contribution in [3.63, 3.8) is 0 Å². The number of hydrogen-bond donors (Lipinski definition) is 1. The van der Waals surface area contributed by atoms with Crippen LogP contribution in [0.3, 0.4) is 0 Å². The zero-order chi connectivity index (χ0) is 18.1. The number of primary amides is 1. The number of carbonyl (C=O) groups excluding carboxylic acids is 1. The molecular formula is C21H30N2O3. The number of hydrogen-bond acceptors (Lipinski definition) is 4. The number of methoxy groups -OCH3 is 1. The molecule has 5 heteroatoms. The second-order valence-electron chi connectivity index (χ2n) is 8.22. The first-order chi connectivity index (χ1) is 12.6. The summed E-state index contributed by atoms with van der Waals surface area (Å²) in [7, 11) is 1.84. The molecule has 142 valence electrons. The van der Waals surface area contributed by atoms with Crippen LogP contribution in [0.4, 0.5) is 0 Å². The van der Waals surface area contributed by atoms with Gasteiger partial charge in [0, 0.05) is 50.8 Å². The highest BCUT2D eigenvalue weighted by Crippen LogP contribution is 2.51. The monoisotopic (exact) mass is 358 g/mol. The Kier molecular flexibility index (Phi) is 5.04. The van der Waals surface area contributed by atoms with Crippen molar-refractivity contribution in [3.05, 3.63) is 35.4 Å². The Labute approximate surface area is 155 Å². The number of carbonyl (C=O) groups is 1. The van der Waals surface area contributed by atoms with Crippen molar-refractivity contribution in [1.82, 2.24) is 4.90 Å². The third-order valence-electron chi connectivity index (χ3n) is 6.75. The molecule has 2 saturated heterocycles. The van der Waals surface area contributed by atoms with Crippen molar-refractivity contribution in [3.8, 4) is 0 Å². The van der Waals surface area contributed by atoms with Crippen molar-refractivity contribution in [2.75, 3.05) is 40.0 Å². The molecular weight excluding hydrogens is 328 g/mol. The minimum atomic E-state index is -0.373. The zero-order valence-electron chi connectivity index (χ0n) is 15.7. The van der Waals surface area contributed by atoms with Gasteiger partial charge in [0.2, 0.25) is 5.91 Å². The lowest BCUT2D eigenvalue weighted by Crippen LogP contribution is -2.59. The number of piperidine rings is 1. The van der Waals surface area contributed by atoms with Crippen LogP contribution in [0.1, 0.15) is 41.6 Å². The molecule has 1 saturated carbocycles. The first-order valence-corrected chi connectivity index (χ1v) is 9.89. The molecule has 2 N–H and O–H groups in total. The number of rotatable bonds is 5. The van der Waals surface area contributed by atoms with Crippen LogP contribution in [0, 0.1) is 17.8 Å². The van der Waals surface area contributed by atoms with Gasteiger partial charge in [-0.05, 0) is 42.9 Å². The highest BCUT2D eigenvalue weighted by Gasteiger charge is 2.53. The van der Waals surface area contributed by atoms with E-state index in [0.29, 0.717) is 23.3 Å². The molecule has 0 aromatic heterocycles. The van der Waals surface area contributed by atoms with Gasteiger partial charge in [-0.2, -0.15) is 0 Å². The van der Waals surface area contributed by atoms with Gasteiger partial charge < -0.3 is 20.1 Å². The van der Waals surface area contributed by atoms with Crippen LogP contribution in [0.15, 0.2) is 24.3 Å². The van der Waals surface area contributed by atoms with Crippen LogP contribution >= 0.6 is 0 Å². The van der Waals surface area contributed by atoms with Crippen LogP contribution in [0.2, 0.25) is 0 Å². The van der Waals surface area contributed by atoms with E-state index < -0.39 is 0 Å². The van der Waals surface area contributed by atoms with Gasteiger partial charge in [0.05, 0.1) is 6.61 Å². The SMILES string of the molecule is CO[C@]1(c2cccc(C(N)=O)c2)[C@@H]2CCC[C@H]1CN(C[C@@H]1CCOC1)C2. The molecule has 26 heavy (non-hydrogen) atoms. The van der Waals surface area contributed by atoms with Gasteiger partial charge in [-0.15, -0.1) is 0 Å². The van der Waals surface area contributed by atoms with Gasteiger partial charge >= 0.3 is 0 Å². The molecule has 3 aliphatic rings. The lowest BCUT2D eigenvalue weighted by atomic mass is 9.62. The smallest absolute Gasteiger partial charge is 0.248 e. The highest BCUT2D eigenvalue weighted by molar-refractivity contribution is 5.92. The Morgan fingerprint density at radius 3 is 2.69 bits per heavy atom. The summed E-state index contributed by atoms with van der Waals surface area (Å²) < 4.78 is 11.8. The van der Waals surface area contributed by atoms with E-state index in [4.69, 9.17) is 15.2 Å². The number of nitrogens with zero attached hydrogens (tertiary/aromatic N) is 1. The van der Waals surface area contributed by atoms with Crippen LogP contribution in [0.5, 0.6) is 0 Å². The normalized spacial score (nSPS) is 34.7. The third kappa shape index (κ3) is 3.06. The lowest BCUT2D eigenvalue weighted by molar-refractivity contribution is -0.170. The first kappa shape index (κ1) is 18.0. The highest BCUT2D eigenvalue weighted by atomic mass is 16.5. The van der Waals surface area contributed by atoms with Gasteiger partial charge in [0.15, 0.2) is 0 Å². The molecule has 0 radical (unpaired) electrons. The molecule has 2 heterocycles. The molecule has 0 spiro atoms. The van der Waals surface area contributed by atoms with Gasteiger partial charge in [0.1, 0.15) is 5.60 Å². The molecule has 1 aromatic carbocycles.